The van der Waals surface area contributed by atoms with Gasteiger partial charge < -0.3 is 25.2 Å². The highest BCUT2D eigenvalue weighted by Crippen LogP contribution is 2.42. The molecule has 0 aliphatic heterocycles. The number of nitrogens with one attached hydrogen (secondary N) is 1. The van der Waals surface area contributed by atoms with Crippen LogP contribution in [0, 0.1) is 5.82 Å². The topological polar surface area (TPSA) is 112 Å². The van der Waals surface area contributed by atoms with Gasteiger partial charge in [-0.05, 0) is 66.2 Å². The van der Waals surface area contributed by atoms with Gasteiger partial charge in [0.15, 0.2) is 0 Å². The molecule has 214 valence electrons. The van der Waals surface area contributed by atoms with Gasteiger partial charge >= 0.3 is 5.97 Å². The summed E-state index contributed by atoms with van der Waals surface area (Å²) in [5, 5.41) is 33.0. The molecule has 0 saturated carbocycles. The molecule has 0 unspecified atom stereocenters. The van der Waals surface area contributed by atoms with E-state index in [2.05, 4.69) is 5.32 Å². The summed E-state index contributed by atoms with van der Waals surface area (Å²) in [6.45, 7) is 3.31. The zero-order chi connectivity index (χ0) is 31.3. The molecule has 1 aromatic heterocycles. The Labute approximate surface area is 241 Å². The minimum Gasteiger partial charge on any atom is -0.481 e. The van der Waals surface area contributed by atoms with Crippen LogP contribution in [0.3, 0.4) is 0 Å². The molecule has 3 aromatic carbocycles. The fourth-order valence-corrected chi connectivity index (χ4v) is 4.96. The van der Waals surface area contributed by atoms with Gasteiger partial charge in [-0.3, -0.25) is 9.59 Å². The molecule has 0 saturated heterocycles. The van der Waals surface area contributed by atoms with Crippen molar-refractivity contribution in [2.45, 2.75) is 57.7 Å². The zero-order valence-electron chi connectivity index (χ0n) is 24.9. The van der Waals surface area contributed by atoms with Crippen LogP contribution < -0.4 is 5.32 Å². The summed E-state index contributed by atoms with van der Waals surface area (Å²) < 4.78 is 33.4. The molecule has 0 spiro atoms. The highest BCUT2D eigenvalue weighted by molar-refractivity contribution is 6.12. The molecule has 1 heterocycles. The Morgan fingerprint density at radius 3 is 2.10 bits per heavy atom. The molecule has 0 fully saturated rings. The maximum Gasteiger partial charge on any atom is 0.305 e. The van der Waals surface area contributed by atoms with E-state index in [0.29, 0.717) is 39.3 Å². The van der Waals surface area contributed by atoms with Crippen LogP contribution in [0.25, 0.3) is 22.4 Å². The summed E-state index contributed by atoms with van der Waals surface area (Å²) in [6.07, 6.45) is -6.70. The van der Waals surface area contributed by atoms with Gasteiger partial charge in [-0.2, -0.15) is 0 Å². The molecule has 2 atom stereocenters. The van der Waals surface area contributed by atoms with E-state index in [4.69, 9.17) is 7.85 Å². The Morgan fingerprint density at radius 2 is 1.51 bits per heavy atom. The van der Waals surface area contributed by atoms with E-state index in [1.54, 1.807) is 41.0 Å². The number of carbonyl (C=O) groups is 2. The molecule has 4 N–H and O–H groups in total. The van der Waals surface area contributed by atoms with Gasteiger partial charge in [-0.25, -0.2) is 4.39 Å². The average Bonchev–Trinajstić information content (AvgIpc) is 3.28. The second-order valence-electron chi connectivity index (χ2n) is 10.1. The van der Waals surface area contributed by atoms with Gasteiger partial charge in [-0.1, -0.05) is 62.4 Å². The minimum atomic E-state index is -2.36. The maximum absolute atomic E-state index is 14.1. The van der Waals surface area contributed by atoms with E-state index in [-0.39, 0.29) is 5.92 Å². The molecule has 4 aromatic rings. The first-order valence-electron chi connectivity index (χ1n) is 14.4. The van der Waals surface area contributed by atoms with Gasteiger partial charge in [0.1, 0.15) is 5.82 Å². The van der Waals surface area contributed by atoms with Crippen molar-refractivity contribution in [1.29, 1.82) is 0 Å². The van der Waals surface area contributed by atoms with E-state index in [9.17, 15) is 24.2 Å². The number of aromatic nitrogens is 1. The summed E-state index contributed by atoms with van der Waals surface area (Å²) in [7, 11) is 0. The predicted octanol–water partition coefficient (Wildman–Crippen LogP) is 6.31. The Morgan fingerprint density at radius 1 is 0.902 bits per heavy atom. The molecule has 0 aliphatic rings. The first-order chi connectivity index (χ1) is 20.4. The molecule has 0 radical (unpaired) electrons. The van der Waals surface area contributed by atoms with Crippen molar-refractivity contribution in [2.75, 3.05) is 5.32 Å². The number of carbonyl (C=O) groups excluding carboxylic acids is 1. The monoisotopic (exact) mass is 560 g/mol. The number of amides is 1. The lowest BCUT2D eigenvalue weighted by Gasteiger charge is -2.20. The van der Waals surface area contributed by atoms with Crippen LogP contribution in [0.4, 0.5) is 10.1 Å². The summed E-state index contributed by atoms with van der Waals surface area (Å²) >= 11 is 0. The van der Waals surface area contributed by atoms with Crippen molar-refractivity contribution < 1.29 is 32.0 Å². The first-order valence-corrected chi connectivity index (χ1v) is 13.4. The second kappa shape index (κ2) is 13.4. The molecular formula is C33H35FN2O5. The number of para-hydroxylation sites is 1. The van der Waals surface area contributed by atoms with E-state index in [0.717, 1.165) is 0 Å². The van der Waals surface area contributed by atoms with Gasteiger partial charge in [0.2, 0.25) is 0 Å². The number of aliphatic hydroxyl groups excluding tert-OH is 2. The third-order valence-electron chi connectivity index (χ3n) is 6.68. The van der Waals surface area contributed by atoms with Gasteiger partial charge in [-0.15, -0.1) is 0 Å². The van der Waals surface area contributed by atoms with Gasteiger partial charge in [0, 0.05) is 26.2 Å². The Hall–Kier alpha value is -4.27. The zero-order valence-corrected chi connectivity index (χ0v) is 22.9. The molecule has 4 rings (SSSR count). The Bertz CT molecular complexity index is 1560. The number of aliphatic carboxylic acids is 1. The van der Waals surface area contributed by atoms with Crippen LogP contribution >= 0.6 is 0 Å². The number of carboxylic acids is 1. The van der Waals surface area contributed by atoms with Crippen LogP contribution in [0.5, 0.6) is 0 Å². The maximum atomic E-state index is 14.1. The fourth-order valence-electron chi connectivity index (χ4n) is 4.96. The average molecular weight is 561 g/mol. The highest BCUT2D eigenvalue weighted by atomic mass is 19.1. The molecule has 1 amide bonds. The first kappa shape index (κ1) is 26.9. The lowest BCUT2D eigenvalue weighted by atomic mass is 9.94. The standard InChI is InChI=1S/C33H35FN2O5/c1-21(2)31-30(33(41)35-25-11-7-4-8-12-25)29(22-9-5-3-6-10-22)32(23-13-15-24(34)16-14-23)36(31)18-17-26(37)19-27(38)20-28(39)40/h3-16,21,26-27,37-38H,17-20H2,1-2H3,(H,35,41)(H,39,40)/t26-,27-/m1/s1/i17D2. The molecular weight excluding hydrogens is 523 g/mol. The quantitative estimate of drug-likeness (QED) is 0.162. The van der Waals surface area contributed by atoms with Crippen molar-refractivity contribution in [3.05, 3.63) is 102 Å². The minimum absolute atomic E-state index is 0.306. The van der Waals surface area contributed by atoms with Crippen molar-refractivity contribution >= 4 is 17.6 Å². The number of aliphatic hydroxyl groups is 2. The van der Waals surface area contributed by atoms with Crippen LogP contribution in [-0.4, -0.2) is 44.0 Å². The van der Waals surface area contributed by atoms with Crippen LogP contribution in [0.15, 0.2) is 84.9 Å². The van der Waals surface area contributed by atoms with Gasteiger partial charge in [0.25, 0.3) is 5.91 Å². The van der Waals surface area contributed by atoms with E-state index >= 15 is 0 Å². The number of carboxylic acid groups (broad SMARTS) is 1. The summed E-state index contributed by atoms with van der Waals surface area (Å²) in [5.41, 5.74) is 3.54. The predicted molar refractivity (Wildman–Crippen MR) is 157 cm³/mol. The summed E-state index contributed by atoms with van der Waals surface area (Å²) in [6, 6.07) is 23.7. The van der Waals surface area contributed by atoms with Crippen molar-refractivity contribution in [3.63, 3.8) is 0 Å². The molecule has 0 bridgehead atoms. The molecule has 8 heteroatoms. The smallest absolute Gasteiger partial charge is 0.305 e. The number of nitrogens with zero attached hydrogens (tertiary/aromatic N) is 1. The van der Waals surface area contributed by atoms with Crippen LogP contribution in [0.2, 0.25) is 0 Å². The highest BCUT2D eigenvalue weighted by Gasteiger charge is 2.31. The largest absolute Gasteiger partial charge is 0.481 e. The van der Waals surface area contributed by atoms with E-state index < -0.39 is 55.7 Å². The number of hydrogen-bond donors (Lipinski definition) is 4. The number of hydrogen-bond acceptors (Lipinski definition) is 4. The third kappa shape index (κ3) is 7.28. The van der Waals surface area contributed by atoms with Crippen LogP contribution in [-0.2, 0) is 11.3 Å². The number of anilines is 1. The number of benzene rings is 3. The summed E-state index contributed by atoms with van der Waals surface area (Å²) in [5.74, 6) is -2.46. The van der Waals surface area contributed by atoms with Gasteiger partial charge in [0.05, 0.1) is 29.9 Å². The van der Waals surface area contributed by atoms with Crippen molar-refractivity contribution in [2.24, 2.45) is 0 Å². The SMILES string of the molecule is [2H]C([2H])(Cn1c(-c2ccc(F)cc2)c(-c2ccccc2)c(C(=O)Nc2ccccc2)c1C(C)C)[C@@H](O)C[C@@H](O)CC(=O)O. The lowest BCUT2D eigenvalue weighted by Crippen LogP contribution is -2.22. The third-order valence-corrected chi connectivity index (χ3v) is 6.68. The normalized spacial score (nSPS) is 13.8. The lowest BCUT2D eigenvalue weighted by molar-refractivity contribution is -0.139. The number of halogens is 1. The van der Waals surface area contributed by atoms with Crippen molar-refractivity contribution in [3.8, 4) is 22.4 Å². The van der Waals surface area contributed by atoms with E-state index in [1.807, 2.05) is 50.2 Å². The van der Waals surface area contributed by atoms with E-state index in [1.165, 1.54) is 12.1 Å². The van der Waals surface area contributed by atoms with Crippen molar-refractivity contribution in [1.82, 2.24) is 4.57 Å². The molecule has 0 aliphatic carbocycles. The number of rotatable bonds is 12. The van der Waals surface area contributed by atoms with Crippen LogP contribution in [0.1, 0.15) is 57.8 Å². The fraction of sp³-hybridized carbons (Fsp3) is 0.273. The molecule has 41 heavy (non-hydrogen) atoms. The second-order valence-corrected chi connectivity index (χ2v) is 10.1. The summed E-state index contributed by atoms with van der Waals surface area (Å²) in [4.78, 5) is 25.2. The molecule has 7 nitrogen and oxygen atoms in total. The Balaban J connectivity index is 1.97. The Kier molecular flexibility index (Phi) is 8.79.